The van der Waals surface area contributed by atoms with Crippen molar-refractivity contribution in [2.45, 2.75) is 31.7 Å². The van der Waals surface area contributed by atoms with Crippen molar-refractivity contribution in [3.63, 3.8) is 0 Å². The van der Waals surface area contributed by atoms with Crippen LogP contribution in [0.1, 0.15) is 32.6 Å². The number of furan rings is 1. The molecular formula is C16H21N3O5S. The summed E-state index contributed by atoms with van der Waals surface area (Å²) in [6.45, 7) is 5.82. The third-order valence-electron chi connectivity index (χ3n) is 3.85. The second-order valence-electron chi connectivity index (χ2n) is 5.41. The molecular weight excluding hydrogens is 346 g/mol. The Morgan fingerprint density at radius 2 is 1.96 bits per heavy atom. The van der Waals surface area contributed by atoms with E-state index in [1.807, 2.05) is 0 Å². The van der Waals surface area contributed by atoms with Gasteiger partial charge in [0.1, 0.15) is 11.4 Å². The van der Waals surface area contributed by atoms with Crippen LogP contribution in [0.25, 0.3) is 0 Å². The van der Waals surface area contributed by atoms with E-state index in [0.29, 0.717) is 18.8 Å². The van der Waals surface area contributed by atoms with Crippen molar-refractivity contribution in [3.8, 4) is 0 Å². The molecule has 8 nitrogen and oxygen atoms in total. The minimum atomic E-state index is -3.76. The molecule has 25 heavy (non-hydrogen) atoms. The Labute approximate surface area is 146 Å². The lowest BCUT2D eigenvalue weighted by Gasteiger charge is -2.19. The lowest BCUT2D eigenvalue weighted by Crippen LogP contribution is -2.30. The lowest BCUT2D eigenvalue weighted by molar-refractivity contribution is -0.384. The van der Waals surface area contributed by atoms with Gasteiger partial charge < -0.3 is 9.73 Å². The maximum absolute atomic E-state index is 12.6. The minimum absolute atomic E-state index is 0.0981. The number of nitro benzene ring substituents is 1. The summed E-state index contributed by atoms with van der Waals surface area (Å²) < 4.78 is 31.6. The molecule has 0 saturated carbocycles. The van der Waals surface area contributed by atoms with Crippen LogP contribution in [0.2, 0.25) is 0 Å². The molecule has 0 radical (unpaired) electrons. The molecule has 136 valence electrons. The molecule has 0 aliphatic rings. The van der Waals surface area contributed by atoms with Gasteiger partial charge in [0.2, 0.25) is 10.0 Å². The van der Waals surface area contributed by atoms with Gasteiger partial charge in [0.15, 0.2) is 0 Å². The molecule has 0 aliphatic heterocycles. The van der Waals surface area contributed by atoms with Gasteiger partial charge in [-0.15, -0.1) is 0 Å². The number of nitrogens with one attached hydrogen (secondary N) is 1. The largest absolute Gasteiger partial charge is 0.467 e. The summed E-state index contributed by atoms with van der Waals surface area (Å²) in [7, 11) is -3.76. The average molecular weight is 367 g/mol. The molecule has 2 rings (SSSR count). The van der Waals surface area contributed by atoms with Crippen molar-refractivity contribution in [2.24, 2.45) is 0 Å². The van der Waals surface area contributed by atoms with Gasteiger partial charge in [0, 0.05) is 19.2 Å². The molecule has 0 saturated heterocycles. The zero-order valence-corrected chi connectivity index (χ0v) is 15.1. The van der Waals surface area contributed by atoms with Crippen LogP contribution in [0.5, 0.6) is 0 Å². The van der Waals surface area contributed by atoms with E-state index in [2.05, 4.69) is 5.32 Å². The van der Waals surface area contributed by atoms with Crippen molar-refractivity contribution in [3.05, 3.63) is 52.5 Å². The average Bonchev–Trinajstić information content (AvgIpc) is 3.10. The molecule has 0 spiro atoms. The number of hydrogen-bond donors (Lipinski definition) is 1. The molecule has 9 heteroatoms. The van der Waals surface area contributed by atoms with Gasteiger partial charge in [-0.25, -0.2) is 8.42 Å². The second kappa shape index (κ2) is 7.66. The number of rotatable bonds is 8. The van der Waals surface area contributed by atoms with Crippen LogP contribution < -0.4 is 5.32 Å². The van der Waals surface area contributed by atoms with E-state index in [1.54, 1.807) is 32.9 Å². The van der Waals surface area contributed by atoms with Gasteiger partial charge in [-0.2, -0.15) is 4.31 Å². The van der Waals surface area contributed by atoms with Crippen molar-refractivity contribution in [2.75, 3.05) is 18.4 Å². The fourth-order valence-corrected chi connectivity index (χ4v) is 3.98. The quantitative estimate of drug-likeness (QED) is 0.566. The number of anilines is 1. The molecule has 1 atom stereocenters. The molecule has 0 unspecified atom stereocenters. The summed E-state index contributed by atoms with van der Waals surface area (Å²) in [6.07, 6.45) is 1.52. The highest BCUT2D eigenvalue weighted by atomic mass is 32.2. The third-order valence-corrected chi connectivity index (χ3v) is 5.90. The standard InChI is InChI=1S/C16H21N3O5S/c1-4-18(5-2)25(22,23)13-8-9-14(15(11-13)19(20)21)17-12(3)16-7-6-10-24-16/h6-12,17H,4-5H2,1-3H3/t12-/m1/s1. The van der Waals surface area contributed by atoms with E-state index >= 15 is 0 Å². The van der Waals surface area contributed by atoms with Crippen LogP contribution in [-0.2, 0) is 10.0 Å². The van der Waals surface area contributed by atoms with E-state index in [0.717, 1.165) is 6.07 Å². The number of nitrogens with zero attached hydrogens (tertiary/aromatic N) is 2. The van der Waals surface area contributed by atoms with Crippen LogP contribution in [-0.4, -0.2) is 30.7 Å². The highest BCUT2D eigenvalue weighted by Crippen LogP contribution is 2.31. The molecule has 2 aromatic rings. The van der Waals surface area contributed by atoms with Crippen LogP contribution in [0.4, 0.5) is 11.4 Å². The maximum atomic E-state index is 12.6. The van der Waals surface area contributed by atoms with Gasteiger partial charge >= 0.3 is 0 Å². The molecule has 1 aromatic heterocycles. The van der Waals surface area contributed by atoms with Gasteiger partial charge in [0.25, 0.3) is 5.69 Å². The van der Waals surface area contributed by atoms with E-state index in [9.17, 15) is 18.5 Å². The molecule has 1 aromatic carbocycles. The third kappa shape index (κ3) is 3.99. The summed E-state index contributed by atoms with van der Waals surface area (Å²) in [5, 5.41) is 14.4. The summed E-state index contributed by atoms with van der Waals surface area (Å²) in [4.78, 5) is 10.7. The van der Waals surface area contributed by atoms with Gasteiger partial charge in [-0.05, 0) is 31.2 Å². The fourth-order valence-electron chi connectivity index (χ4n) is 2.50. The first-order chi connectivity index (χ1) is 11.8. The molecule has 0 fully saturated rings. The predicted molar refractivity (Wildman–Crippen MR) is 93.9 cm³/mol. The van der Waals surface area contributed by atoms with Crippen molar-refractivity contribution in [1.82, 2.24) is 4.31 Å². The topological polar surface area (TPSA) is 106 Å². The van der Waals surface area contributed by atoms with Crippen LogP contribution in [0.3, 0.4) is 0 Å². The summed E-state index contributed by atoms with van der Waals surface area (Å²) >= 11 is 0. The number of sulfonamides is 1. The van der Waals surface area contributed by atoms with Gasteiger partial charge in [0.05, 0.1) is 22.1 Å². The Morgan fingerprint density at radius 1 is 1.28 bits per heavy atom. The lowest BCUT2D eigenvalue weighted by atomic mass is 10.2. The van der Waals surface area contributed by atoms with E-state index in [-0.39, 0.29) is 22.3 Å². The first-order valence-electron chi connectivity index (χ1n) is 7.89. The zero-order valence-electron chi connectivity index (χ0n) is 14.3. The minimum Gasteiger partial charge on any atom is -0.467 e. The Balaban J connectivity index is 2.40. The normalized spacial score (nSPS) is 13.0. The van der Waals surface area contributed by atoms with Gasteiger partial charge in [-0.1, -0.05) is 13.8 Å². The Kier molecular flexibility index (Phi) is 5.81. The molecule has 0 amide bonds. The van der Waals surface area contributed by atoms with E-state index in [4.69, 9.17) is 4.42 Å². The first kappa shape index (κ1) is 18.9. The molecule has 1 heterocycles. The zero-order chi connectivity index (χ0) is 18.6. The summed E-state index contributed by atoms with van der Waals surface area (Å²) in [5.41, 5.74) is -0.0703. The molecule has 0 aliphatic carbocycles. The van der Waals surface area contributed by atoms with Crippen molar-refractivity contribution < 1.29 is 17.8 Å². The van der Waals surface area contributed by atoms with Crippen molar-refractivity contribution >= 4 is 21.4 Å². The Hall–Kier alpha value is -2.39. The van der Waals surface area contributed by atoms with Crippen LogP contribution in [0, 0.1) is 10.1 Å². The highest BCUT2D eigenvalue weighted by Gasteiger charge is 2.26. The molecule has 0 bridgehead atoms. The molecule has 1 N–H and O–H groups in total. The summed E-state index contributed by atoms with van der Waals surface area (Å²) in [6, 6.07) is 7.04. The Morgan fingerprint density at radius 3 is 2.48 bits per heavy atom. The second-order valence-corrected chi connectivity index (χ2v) is 7.34. The monoisotopic (exact) mass is 367 g/mol. The Bertz CT molecular complexity index is 829. The van der Waals surface area contributed by atoms with E-state index in [1.165, 1.54) is 22.7 Å². The highest BCUT2D eigenvalue weighted by molar-refractivity contribution is 7.89. The van der Waals surface area contributed by atoms with Gasteiger partial charge in [-0.3, -0.25) is 10.1 Å². The number of hydrogen-bond acceptors (Lipinski definition) is 6. The van der Waals surface area contributed by atoms with E-state index < -0.39 is 14.9 Å². The predicted octanol–water partition coefficient (Wildman–Crippen LogP) is 3.39. The van der Waals surface area contributed by atoms with Crippen molar-refractivity contribution in [1.29, 1.82) is 0 Å². The van der Waals surface area contributed by atoms with Crippen LogP contribution in [0.15, 0.2) is 45.9 Å². The maximum Gasteiger partial charge on any atom is 0.293 e. The number of benzene rings is 1. The van der Waals surface area contributed by atoms with Crippen LogP contribution >= 0.6 is 0 Å². The smallest absolute Gasteiger partial charge is 0.293 e. The summed E-state index contributed by atoms with van der Waals surface area (Å²) in [5.74, 6) is 0.620. The number of nitro groups is 1. The first-order valence-corrected chi connectivity index (χ1v) is 9.33. The fraction of sp³-hybridized carbons (Fsp3) is 0.375. The SMILES string of the molecule is CCN(CC)S(=O)(=O)c1ccc(N[C@H](C)c2ccco2)c([N+](=O)[O-])c1.